The number of rotatable bonds is 4. The van der Waals surface area contributed by atoms with Gasteiger partial charge in [0.15, 0.2) is 11.5 Å². The standard InChI is InChI=1S/C14H17NO3/c1-9(2)15-4-3-10-7-16-12-6-14-13(5-11(10)12)17-8-18-14/h5-7,9,15H,3-4,8H2,1-2H3. The summed E-state index contributed by atoms with van der Waals surface area (Å²) in [7, 11) is 0. The number of hydrogen-bond donors (Lipinski definition) is 1. The van der Waals surface area contributed by atoms with E-state index in [-0.39, 0.29) is 0 Å². The molecular weight excluding hydrogens is 230 g/mol. The van der Waals surface area contributed by atoms with E-state index < -0.39 is 0 Å². The highest BCUT2D eigenvalue weighted by atomic mass is 16.7. The quantitative estimate of drug-likeness (QED) is 0.902. The zero-order chi connectivity index (χ0) is 12.5. The summed E-state index contributed by atoms with van der Waals surface area (Å²) in [5.41, 5.74) is 2.07. The predicted octanol–water partition coefficient (Wildman–Crippen LogP) is 2.70. The molecule has 3 rings (SSSR count). The van der Waals surface area contributed by atoms with Gasteiger partial charge in [-0.1, -0.05) is 13.8 Å². The molecule has 2 aromatic rings. The molecule has 1 N–H and O–H groups in total. The molecule has 1 aromatic heterocycles. The van der Waals surface area contributed by atoms with E-state index in [0.717, 1.165) is 35.4 Å². The van der Waals surface area contributed by atoms with Gasteiger partial charge in [0.2, 0.25) is 6.79 Å². The summed E-state index contributed by atoms with van der Waals surface area (Å²) in [6.45, 7) is 5.53. The molecule has 0 radical (unpaired) electrons. The molecule has 0 aliphatic carbocycles. The van der Waals surface area contributed by atoms with Crippen molar-refractivity contribution in [3.63, 3.8) is 0 Å². The van der Waals surface area contributed by atoms with Crippen molar-refractivity contribution in [1.82, 2.24) is 5.32 Å². The van der Waals surface area contributed by atoms with Crippen molar-refractivity contribution in [2.75, 3.05) is 13.3 Å². The summed E-state index contributed by atoms with van der Waals surface area (Å²) in [6.07, 6.45) is 2.77. The Balaban J connectivity index is 1.85. The Labute approximate surface area is 106 Å². The molecule has 4 heteroatoms. The molecule has 0 atom stereocenters. The van der Waals surface area contributed by atoms with E-state index in [1.807, 2.05) is 18.4 Å². The average molecular weight is 247 g/mol. The van der Waals surface area contributed by atoms with E-state index in [4.69, 9.17) is 13.9 Å². The van der Waals surface area contributed by atoms with Gasteiger partial charge in [0.25, 0.3) is 0 Å². The van der Waals surface area contributed by atoms with Crippen molar-refractivity contribution >= 4 is 11.0 Å². The smallest absolute Gasteiger partial charge is 0.231 e. The molecule has 0 bridgehead atoms. The third kappa shape index (κ3) is 2.04. The van der Waals surface area contributed by atoms with Crippen LogP contribution in [0.4, 0.5) is 0 Å². The van der Waals surface area contributed by atoms with Crippen LogP contribution in [0.3, 0.4) is 0 Å². The second-order valence-electron chi connectivity index (χ2n) is 4.82. The third-order valence-electron chi connectivity index (χ3n) is 3.10. The Morgan fingerprint density at radius 2 is 2.00 bits per heavy atom. The van der Waals surface area contributed by atoms with Crippen molar-refractivity contribution in [3.05, 3.63) is 24.0 Å². The van der Waals surface area contributed by atoms with Crippen LogP contribution in [0, 0.1) is 0 Å². The molecular formula is C14H17NO3. The summed E-state index contributed by atoms with van der Waals surface area (Å²) < 4.78 is 16.3. The second kappa shape index (κ2) is 4.53. The van der Waals surface area contributed by atoms with Crippen molar-refractivity contribution in [2.24, 2.45) is 0 Å². The van der Waals surface area contributed by atoms with Crippen LogP contribution < -0.4 is 14.8 Å². The topological polar surface area (TPSA) is 43.6 Å². The van der Waals surface area contributed by atoms with Gasteiger partial charge in [0.05, 0.1) is 6.26 Å². The number of benzene rings is 1. The lowest BCUT2D eigenvalue weighted by atomic mass is 10.1. The van der Waals surface area contributed by atoms with Crippen molar-refractivity contribution < 1.29 is 13.9 Å². The maximum Gasteiger partial charge on any atom is 0.231 e. The minimum atomic E-state index is 0.298. The molecule has 1 aliphatic heterocycles. The highest BCUT2D eigenvalue weighted by Gasteiger charge is 2.17. The van der Waals surface area contributed by atoms with Gasteiger partial charge in [-0.15, -0.1) is 0 Å². The van der Waals surface area contributed by atoms with Gasteiger partial charge in [-0.05, 0) is 24.6 Å². The Morgan fingerprint density at radius 1 is 1.22 bits per heavy atom. The Kier molecular flexibility index (Phi) is 2.88. The van der Waals surface area contributed by atoms with Crippen LogP contribution >= 0.6 is 0 Å². The number of furan rings is 1. The largest absolute Gasteiger partial charge is 0.464 e. The summed E-state index contributed by atoms with van der Waals surface area (Å²) in [4.78, 5) is 0. The van der Waals surface area contributed by atoms with Crippen LogP contribution in [0.15, 0.2) is 22.8 Å². The summed E-state index contributed by atoms with van der Waals surface area (Å²) >= 11 is 0. The Morgan fingerprint density at radius 3 is 2.78 bits per heavy atom. The van der Waals surface area contributed by atoms with E-state index in [0.29, 0.717) is 12.8 Å². The maximum absolute atomic E-state index is 5.57. The first-order valence-corrected chi connectivity index (χ1v) is 6.27. The van der Waals surface area contributed by atoms with Crippen LogP contribution in [0.2, 0.25) is 0 Å². The number of fused-ring (bicyclic) bond motifs is 2. The molecule has 0 saturated carbocycles. The van der Waals surface area contributed by atoms with Gasteiger partial charge in [-0.2, -0.15) is 0 Å². The predicted molar refractivity (Wildman–Crippen MR) is 69.2 cm³/mol. The Hall–Kier alpha value is -1.68. The van der Waals surface area contributed by atoms with Gasteiger partial charge in [0.1, 0.15) is 5.58 Å². The first-order chi connectivity index (χ1) is 8.74. The highest BCUT2D eigenvalue weighted by Crippen LogP contribution is 2.37. The fraction of sp³-hybridized carbons (Fsp3) is 0.429. The Bertz CT molecular complexity index is 559. The minimum absolute atomic E-state index is 0.298. The zero-order valence-electron chi connectivity index (χ0n) is 10.7. The minimum Gasteiger partial charge on any atom is -0.464 e. The van der Waals surface area contributed by atoms with Crippen molar-refractivity contribution in [2.45, 2.75) is 26.3 Å². The third-order valence-corrected chi connectivity index (χ3v) is 3.10. The monoisotopic (exact) mass is 247 g/mol. The van der Waals surface area contributed by atoms with Gasteiger partial charge in [-0.3, -0.25) is 0 Å². The van der Waals surface area contributed by atoms with Gasteiger partial charge < -0.3 is 19.2 Å². The van der Waals surface area contributed by atoms with Crippen LogP contribution in [-0.2, 0) is 6.42 Å². The fourth-order valence-electron chi connectivity index (χ4n) is 2.16. The van der Waals surface area contributed by atoms with Crippen molar-refractivity contribution in [3.8, 4) is 11.5 Å². The lowest BCUT2D eigenvalue weighted by Gasteiger charge is -2.06. The van der Waals surface area contributed by atoms with E-state index in [2.05, 4.69) is 19.2 Å². The van der Waals surface area contributed by atoms with Crippen LogP contribution in [0.25, 0.3) is 11.0 Å². The molecule has 1 aliphatic rings. The molecule has 0 fully saturated rings. The second-order valence-corrected chi connectivity index (χ2v) is 4.82. The number of hydrogen-bond acceptors (Lipinski definition) is 4. The van der Waals surface area contributed by atoms with Crippen LogP contribution in [-0.4, -0.2) is 19.4 Å². The molecule has 1 aromatic carbocycles. The first-order valence-electron chi connectivity index (χ1n) is 6.27. The zero-order valence-corrected chi connectivity index (χ0v) is 10.7. The fourth-order valence-corrected chi connectivity index (χ4v) is 2.16. The van der Waals surface area contributed by atoms with E-state index in [1.165, 1.54) is 5.56 Å². The lowest BCUT2D eigenvalue weighted by Crippen LogP contribution is -2.24. The molecule has 96 valence electrons. The molecule has 0 amide bonds. The van der Waals surface area contributed by atoms with E-state index in [1.54, 1.807) is 0 Å². The summed E-state index contributed by atoms with van der Waals surface area (Å²) in [6, 6.07) is 4.41. The molecule has 4 nitrogen and oxygen atoms in total. The van der Waals surface area contributed by atoms with E-state index in [9.17, 15) is 0 Å². The normalized spacial score (nSPS) is 13.7. The highest BCUT2D eigenvalue weighted by molar-refractivity contribution is 5.85. The van der Waals surface area contributed by atoms with Gasteiger partial charge in [0, 0.05) is 17.5 Å². The first kappa shape index (κ1) is 11.4. The molecule has 0 unspecified atom stereocenters. The van der Waals surface area contributed by atoms with Gasteiger partial charge >= 0.3 is 0 Å². The molecule has 2 heterocycles. The van der Waals surface area contributed by atoms with E-state index >= 15 is 0 Å². The molecule has 0 saturated heterocycles. The maximum atomic E-state index is 5.57. The number of ether oxygens (including phenoxy) is 2. The summed E-state index contributed by atoms with van der Waals surface area (Å²) in [5, 5.41) is 4.52. The van der Waals surface area contributed by atoms with Gasteiger partial charge in [-0.25, -0.2) is 0 Å². The molecule has 0 spiro atoms. The number of nitrogens with one attached hydrogen (secondary N) is 1. The van der Waals surface area contributed by atoms with Crippen LogP contribution in [0.1, 0.15) is 19.4 Å². The summed E-state index contributed by atoms with van der Waals surface area (Å²) in [5.74, 6) is 1.57. The average Bonchev–Trinajstić information content (AvgIpc) is 2.92. The molecule has 18 heavy (non-hydrogen) atoms. The lowest BCUT2D eigenvalue weighted by molar-refractivity contribution is 0.174. The van der Waals surface area contributed by atoms with Crippen molar-refractivity contribution in [1.29, 1.82) is 0 Å². The van der Waals surface area contributed by atoms with Crippen LogP contribution in [0.5, 0.6) is 11.5 Å². The SMILES string of the molecule is CC(C)NCCc1coc2cc3c(cc12)OCO3.